The normalized spacial score (nSPS) is 16.3. The summed E-state index contributed by atoms with van der Waals surface area (Å²) >= 11 is 0. The Balaban J connectivity index is 0. The average Bonchev–Trinajstić information content (AvgIpc) is 2.12. The zero-order chi connectivity index (χ0) is 10.6. The number of carbonyl (C=O) groups is 2. The van der Waals surface area contributed by atoms with E-state index >= 15 is 0 Å². The number of Topliss-reactive ketones (excluding diaryl/α,β-unsaturated/α-hetero) is 1. The molecule has 77 valence electrons. The first-order valence-electron chi connectivity index (χ1n) is 3.34. The molecule has 1 radical (unpaired) electrons. The number of rotatable bonds is 5. The van der Waals surface area contributed by atoms with Crippen molar-refractivity contribution >= 4 is 41.3 Å². The molecule has 0 aliphatic rings. The van der Waals surface area contributed by atoms with Crippen LogP contribution >= 0.6 is 0 Å². The number of carboxylic acid groups (broad SMARTS) is 1. The number of hydrogen-bond acceptors (Lipinski definition) is 6. The van der Waals surface area contributed by atoms with Crippen molar-refractivity contribution in [2.75, 3.05) is 6.61 Å². The summed E-state index contributed by atoms with van der Waals surface area (Å²) in [6, 6.07) is 0. The molecule has 0 aromatic carbocycles. The van der Waals surface area contributed by atoms with Crippen molar-refractivity contribution in [3.63, 3.8) is 0 Å². The summed E-state index contributed by atoms with van der Waals surface area (Å²) in [7, 11) is 0. The van der Waals surface area contributed by atoms with Crippen LogP contribution in [0.4, 0.5) is 0 Å². The van der Waals surface area contributed by atoms with Gasteiger partial charge < -0.3 is 25.5 Å². The number of aliphatic hydroxyl groups is 4. The van der Waals surface area contributed by atoms with Crippen LogP contribution < -0.4 is 0 Å². The van der Waals surface area contributed by atoms with Gasteiger partial charge in [0.25, 0.3) is 5.78 Å². The Morgan fingerprint density at radius 3 is 1.86 bits per heavy atom. The molecule has 0 aromatic rings. The van der Waals surface area contributed by atoms with Crippen molar-refractivity contribution < 1.29 is 35.1 Å². The number of carbonyl (C=O) groups excluding carboxylic acids is 1. The quantitative estimate of drug-likeness (QED) is 0.236. The minimum absolute atomic E-state index is 0. The van der Waals surface area contributed by atoms with Crippen LogP contribution in [0.15, 0.2) is 0 Å². The topological polar surface area (TPSA) is 135 Å². The molecule has 8 heteroatoms. The summed E-state index contributed by atoms with van der Waals surface area (Å²) in [6.45, 7) is -0.884. The zero-order valence-electron chi connectivity index (χ0n) is 7.49. The number of hydrogen-bond donors (Lipinski definition) is 5. The van der Waals surface area contributed by atoms with Crippen LogP contribution in [0.2, 0.25) is 0 Å². The summed E-state index contributed by atoms with van der Waals surface area (Å²) in [6.07, 6.45) is -5.99. The molecule has 0 amide bonds. The van der Waals surface area contributed by atoms with Gasteiger partial charge in [-0.2, -0.15) is 0 Å². The van der Waals surface area contributed by atoms with Gasteiger partial charge in [-0.3, -0.25) is 4.79 Å². The second-order valence-electron chi connectivity index (χ2n) is 2.35. The van der Waals surface area contributed by atoms with Crippen molar-refractivity contribution in [3.8, 4) is 0 Å². The molecule has 14 heavy (non-hydrogen) atoms. The van der Waals surface area contributed by atoms with E-state index in [0.717, 1.165) is 0 Å². The first kappa shape index (κ1) is 16.4. The maximum Gasteiger partial charge on any atom is 0.375 e. The Hall–Kier alpha value is -0.0200. The molecule has 0 heterocycles. The molecule has 0 aromatic heterocycles. The van der Waals surface area contributed by atoms with E-state index in [9.17, 15) is 9.59 Å². The minimum atomic E-state index is -2.24. The van der Waals surface area contributed by atoms with Gasteiger partial charge in [-0.05, 0) is 0 Å². The van der Waals surface area contributed by atoms with Crippen LogP contribution in [-0.4, -0.2) is 91.8 Å². The molecule has 3 atom stereocenters. The molecule has 7 nitrogen and oxygen atoms in total. The van der Waals surface area contributed by atoms with Gasteiger partial charge in [-0.1, -0.05) is 0 Å². The van der Waals surface area contributed by atoms with Gasteiger partial charge in [0.1, 0.15) is 12.2 Å². The van der Waals surface area contributed by atoms with Gasteiger partial charge in [0.05, 0.1) is 6.61 Å². The summed E-state index contributed by atoms with van der Waals surface area (Å²) in [5.74, 6) is -3.56. The van der Waals surface area contributed by atoms with Gasteiger partial charge >= 0.3 is 5.97 Å². The van der Waals surface area contributed by atoms with E-state index < -0.39 is 36.7 Å². The summed E-state index contributed by atoms with van der Waals surface area (Å²) in [5, 5.41) is 42.8. The summed E-state index contributed by atoms with van der Waals surface area (Å²) in [4.78, 5) is 20.5. The maximum absolute atomic E-state index is 10.5. The molecule has 0 saturated carbocycles. The van der Waals surface area contributed by atoms with Crippen molar-refractivity contribution in [1.82, 2.24) is 0 Å². The largest absolute Gasteiger partial charge is 0.475 e. The van der Waals surface area contributed by atoms with Crippen molar-refractivity contribution in [1.29, 1.82) is 0 Å². The molecule has 0 saturated heterocycles. The van der Waals surface area contributed by atoms with E-state index in [4.69, 9.17) is 25.5 Å². The Labute approximate surface area is 101 Å². The van der Waals surface area contributed by atoms with E-state index in [1.165, 1.54) is 0 Å². The van der Waals surface area contributed by atoms with Crippen molar-refractivity contribution in [2.45, 2.75) is 18.3 Å². The van der Waals surface area contributed by atoms with Crippen LogP contribution in [-0.2, 0) is 9.59 Å². The Morgan fingerprint density at radius 1 is 1.14 bits per heavy atom. The second-order valence-corrected chi connectivity index (χ2v) is 2.35. The molecule has 0 aliphatic carbocycles. The number of ketones is 1. The first-order valence-corrected chi connectivity index (χ1v) is 3.34. The van der Waals surface area contributed by atoms with Gasteiger partial charge in [-0.25, -0.2) is 4.79 Å². The SMILES string of the molecule is O=C(O)C(=O)[C@@H](O)[C@H](O)[C@@H](O)CO.[Na]. The fourth-order valence-electron chi connectivity index (χ4n) is 0.600. The average molecular weight is 217 g/mol. The van der Waals surface area contributed by atoms with E-state index in [-0.39, 0.29) is 29.6 Å². The fourth-order valence-corrected chi connectivity index (χ4v) is 0.600. The van der Waals surface area contributed by atoms with Gasteiger partial charge in [0.15, 0.2) is 6.10 Å². The number of aliphatic hydroxyl groups excluding tert-OH is 4. The molecule has 5 N–H and O–H groups in total. The molecule has 0 spiro atoms. The predicted molar refractivity (Wildman–Crippen MR) is 43.5 cm³/mol. The fraction of sp³-hybridized carbons (Fsp3) is 0.667. The number of aliphatic carboxylic acids is 1. The molecular weight excluding hydrogens is 207 g/mol. The summed E-state index contributed by atoms with van der Waals surface area (Å²) < 4.78 is 0. The van der Waals surface area contributed by atoms with Crippen molar-refractivity contribution in [3.05, 3.63) is 0 Å². The Morgan fingerprint density at radius 2 is 1.57 bits per heavy atom. The van der Waals surface area contributed by atoms with Gasteiger partial charge in [-0.15, -0.1) is 0 Å². The van der Waals surface area contributed by atoms with E-state index in [1.54, 1.807) is 0 Å². The Bertz CT molecular complexity index is 206. The second kappa shape index (κ2) is 7.30. The third-order valence-corrected chi connectivity index (χ3v) is 1.38. The molecular formula is C6H10NaO7. The van der Waals surface area contributed by atoms with E-state index in [2.05, 4.69) is 0 Å². The van der Waals surface area contributed by atoms with Crippen LogP contribution in [0, 0.1) is 0 Å². The Kier molecular flexibility index (Phi) is 8.55. The monoisotopic (exact) mass is 217 g/mol. The third-order valence-electron chi connectivity index (χ3n) is 1.38. The molecule has 0 fully saturated rings. The van der Waals surface area contributed by atoms with Crippen molar-refractivity contribution in [2.24, 2.45) is 0 Å². The molecule has 0 bridgehead atoms. The van der Waals surface area contributed by atoms with Gasteiger partial charge in [0.2, 0.25) is 0 Å². The molecule has 0 unspecified atom stereocenters. The minimum Gasteiger partial charge on any atom is -0.475 e. The first-order chi connectivity index (χ1) is 5.91. The van der Waals surface area contributed by atoms with Crippen LogP contribution in [0.5, 0.6) is 0 Å². The molecule has 0 rings (SSSR count). The van der Waals surface area contributed by atoms with Crippen LogP contribution in [0.1, 0.15) is 0 Å². The smallest absolute Gasteiger partial charge is 0.375 e. The maximum atomic E-state index is 10.5. The third kappa shape index (κ3) is 4.47. The number of carboxylic acids is 1. The predicted octanol–water partition coefficient (Wildman–Crippen LogP) is -3.67. The van der Waals surface area contributed by atoms with Gasteiger partial charge in [0, 0.05) is 29.6 Å². The summed E-state index contributed by atoms with van der Waals surface area (Å²) in [5.41, 5.74) is 0. The van der Waals surface area contributed by atoms with E-state index in [1.807, 2.05) is 0 Å². The van der Waals surface area contributed by atoms with E-state index in [0.29, 0.717) is 0 Å². The van der Waals surface area contributed by atoms with Crippen LogP contribution in [0.3, 0.4) is 0 Å². The standard InChI is InChI=1S/C6H10O7.Na/c7-1-2(8)3(9)4(10)5(11)6(12)13;/h2-4,7-10H,1H2,(H,12,13);/t2-,3+,4-;/m0./s1. The zero-order valence-corrected chi connectivity index (χ0v) is 9.49. The molecule has 0 aliphatic heterocycles. The van der Waals surface area contributed by atoms with Crippen LogP contribution in [0.25, 0.3) is 0 Å².